The predicted molar refractivity (Wildman–Crippen MR) is 72.5 cm³/mol. The molecule has 0 saturated carbocycles. The second kappa shape index (κ2) is 5.06. The Morgan fingerprint density at radius 2 is 1.88 bits per heavy atom. The number of fused-ring (bicyclic) bond motifs is 1. The minimum atomic E-state index is -0.241. The molecule has 5 heteroatoms. The van der Waals surface area contributed by atoms with Crippen molar-refractivity contribution < 1.29 is 9.59 Å². The van der Waals surface area contributed by atoms with E-state index in [9.17, 15) is 9.59 Å². The first-order valence-corrected chi connectivity index (χ1v) is 6.49. The van der Waals surface area contributed by atoms with Gasteiger partial charge in [-0.05, 0) is 18.2 Å². The van der Waals surface area contributed by atoms with Gasteiger partial charge in [0.25, 0.3) is 11.8 Å². The van der Waals surface area contributed by atoms with Gasteiger partial charge in [0, 0.05) is 16.8 Å². The molecule has 1 aliphatic rings. The maximum absolute atomic E-state index is 12.0. The number of amides is 2. The van der Waals surface area contributed by atoms with E-state index in [-0.39, 0.29) is 11.8 Å². The van der Waals surface area contributed by atoms with Crippen molar-refractivity contribution in [1.82, 2.24) is 4.90 Å². The smallest absolute Gasteiger partial charge is 0.261 e. The summed E-state index contributed by atoms with van der Waals surface area (Å²) in [6, 6.07) is 5.11. The number of benzene rings is 1. The van der Waals surface area contributed by atoms with Crippen LogP contribution in [0.15, 0.2) is 34.8 Å². The number of rotatable bonds is 3. The second-order valence-corrected chi connectivity index (χ2v) is 4.85. The first-order valence-electron chi connectivity index (χ1n) is 5.06. The number of carbonyl (C=O) groups excluding carboxylic acids is 2. The van der Waals surface area contributed by atoms with E-state index in [1.165, 1.54) is 4.90 Å². The van der Waals surface area contributed by atoms with Gasteiger partial charge >= 0.3 is 0 Å². The third-order valence-corrected chi connectivity index (χ3v) is 3.20. The van der Waals surface area contributed by atoms with Crippen LogP contribution in [-0.2, 0) is 0 Å². The minimum absolute atomic E-state index is 0.235. The van der Waals surface area contributed by atoms with Gasteiger partial charge in [-0.3, -0.25) is 14.5 Å². The van der Waals surface area contributed by atoms with Crippen molar-refractivity contribution in [3.05, 3.63) is 46.0 Å². The number of halogens is 1. The molecule has 0 unspecified atom stereocenters. The molecule has 0 spiro atoms. The van der Waals surface area contributed by atoms with Gasteiger partial charge in [-0.15, -0.1) is 0 Å². The second-order valence-electron chi connectivity index (χ2n) is 3.56. The molecule has 88 valence electrons. The van der Waals surface area contributed by atoms with E-state index >= 15 is 0 Å². The topological polar surface area (TPSA) is 37.4 Å². The average molecular weight is 312 g/mol. The Balaban J connectivity index is 2.29. The summed E-state index contributed by atoms with van der Waals surface area (Å²) in [6.45, 7) is 0.296. The molecular weight excluding hydrogens is 302 g/mol. The highest BCUT2D eigenvalue weighted by Gasteiger charge is 2.34. The van der Waals surface area contributed by atoms with Crippen LogP contribution in [0.1, 0.15) is 20.7 Å². The van der Waals surface area contributed by atoms with Gasteiger partial charge in [0.1, 0.15) is 0 Å². The molecule has 0 fully saturated rings. The summed E-state index contributed by atoms with van der Waals surface area (Å²) in [4.78, 5) is 25.2. The van der Waals surface area contributed by atoms with Crippen molar-refractivity contribution in [3.63, 3.8) is 0 Å². The van der Waals surface area contributed by atoms with Crippen molar-refractivity contribution in [2.24, 2.45) is 0 Å². The van der Waals surface area contributed by atoms with Gasteiger partial charge < -0.3 is 0 Å². The van der Waals surface area contributed by atoms with Crippen LogP contribution in [0, 0.1) is 0 Å². The third kappa shape index (κ3) is 2.30. The van der Waals surface area contributed by atoms with Crippen molar-refractivity contribution in [3.8, 4) is 0 Å². The molecule has 0 aliphatic carbocycles. The zero-order chi connectivity index (χ0) is 12.4. The van der Waals surface area contributed by atoms with E-state index in [0.717, 1.165) is 4.47 Å². The number of hydrogen-bond donors (Lipinski definition) is 1. The van der Waals surface area contributed by atoms with Crippen LogP contribution < -0.4 is 0 Å². The van der Waals surface area contributed by atoms with Crippen LogP contribution in [0.25, 0.3) is 0 Å². The molecule has 0 atom stereocenters. The Morgan fingerprint density at radius 3 is 2.59 bits per heavy atom. The maximum Gasteiger partial charge on any atom is 0.261 e. The zero-order valence-electron chi connectivity index (χ0n) is 8.89. The van der Waals surface area contributed by atoms with Crippen molar-refractivity contribution in [1.29, 1.82) is 0 Å². The Labute approximate surface area is 113 Å². The molecule has 2 amide bonds. The van der Waals surface area contributed by atoms with Gasteiger partial charge in [-0.25, -0.2) is 0 Å². The van der Waals surface area contributed by atoms with E-state index in [1.807, 2.05) is 6.08 Å². The lowest BCUT2D eigenvalue weighted by molar-refractivity contribution is 0.0672. The molecule has 2 rings (SSSR count). The van der Waals surface area contributed by atoms with Crippen molar-refractivity contribution >= 4 is 40.4 Å². The Kier molecular flexibility index (Phi) is 3.69. The molecule has 3 nitrogen and oxygen atoms in total. The van der Waals surface area contributed by atoms with E-state index in [0.29, 0.717) is 23.4 Å². The summed E-state index contributed by atoms with van der Waals surface area (Å²) in [5, 5.41) is 0. The van der Waals surface area contributed by atoms with Crippen molar-refractivity contribution in [2.75, 3.05) is 12.3 Å². The monoisotopic (exact) mass is 311 g/mol. The molecule has 0 aromatic heterocycles. The summed E-state index contributed by atoms with van der Waals surface area (Å²) in [6.07, 6.45) is 3.58. The van der Waals surface area contributed by atoms with Crippen molar-refractivity contribution in [2.45, 2.75) is 0 Å². The SMILES string of the molecule is O=C1c2ccc(Br)cc2C(=O)N1C/C=C/CS. The molecule has 0 bridgehead atoms. The lowest BCUT2D eigenvalue weighted by Crippen LogP contribution is -2.29. The van der Waals surface area contributed by atoms with Gasteiger partial charge in [-0.2, -0.15) is 12.6 Å². The third-order valence-electron chi connectivity index (χ3n) is 2.49. The normalized spacial score (nSPS) is 14.8. The van der Waals surface area contributed by atoms with E-state index in [1.54, 1.807) is 24.3 Å². The highest BCUT2D eigenvalue weighted by molar-refractivity contribution is 9.10. The number of thiol groups is 1. The summed E-state index contributed by atoms with van der Waals surface area (Å²) in [7, 11) is 0. The van der Waals surface area contributed by atoms with E-state index < -0.39 is 0 Å². The molecule has 1 aromatic rings. The quantitative estimate of drug-likeness (QED) is 0.529. The average Bonchev–Trinajstić information content (AvgIpc) is 2.54. The standard InChI is InChI=1S/C12H10BrNO2S/c13-8-3-4-9-10(7-8)12(16)14(11(9)15)5-1-2-6-17/h1-4,7,17H,5-6H2/b2-1+. The number of carbonyl (C=O) groups is 2. The van der Waals surface area contributed by atoms with E-state index in [4.69, 9.17) is 0 Å². The summed E-state index contributed by atoms with van der Waals surface area (Å²) in [5.74, 6) is 0.116. The number of imide groups is 1. The Bertz CT molecular complexity index is 513. The van der Waals surface area contributed by atoms with Crippen LogP contribution in [-0.4, -0.2) is 29.0 Å². The molecule has 0 N–H and O–H groups in total. The molecule has 0 saturated heterocycles. The Hall–Kier alpha value is -1.07. The molecular formula is C12H10BrNO2S. The fourth-order valence-corrected chi connectivity index (χ4v) is 2.19. The van der Waals surface area contributed by atoms with Gasteiger partial charge in [0.05, 0.1) is 11.1 Å². The summed E-state index contributed by atoms with van der Waals surface area (Å²) < 4.78 is 0.796. The molecule has 17 heavy (non-hydrogen) atoms. The van der Waals surface area contributed by atoms with Crippen LogP contribution in [0.4, 0.5) is 0 Å². The lowest BCUT2D eigenvalue weighted by Gasteiger charge is -2.09. The minimum Gasteiger partial charge on any atom is -0.270 e. The Morgan fingerprint density at radius 1 is 1.18 bits per heavy atom. The van der Waals surface area contributed by atoms with E-state index in [2.05, 4.69) is 28.6 Å². The molecule has 1 aliphatic heterocycles. The highest BCUT2D eigenvalue weighted by Crippen LogP contribution is 2.25. The number of hydrogen-bond acceptors (Lipinski definition) is 3. The fourth-order valence-electron chi connectivity index (χ4n) is 1.68. The van der Waals surface area contributed by atoms with Crippen LogP contribution in [0.2, 0.25) is 0 Å². The van der Waals surface area contributed by atoms with Crippen LogP contribution in [0.3, 0.4) is 0 Å². The first-order chi connectivity index (χ1) is 8.15. The first kappa shape index (κ1) is 12.4. The van der Waals surface area contributed by atoms with Gasteiger partial charge in [0.2, 0.25) is 0 Å². The zero-order valence-corrected chi connectivity index (χ0v) is 11.4. The van der Waals surface area contributed by atoms with Crippen LogP contribution >= 0.6 is 28.6 Å². The maximum atomic E-state index is 12.0. The predicted octanol–water partition coefficient (Wildman–Crippen LogP) is 2.53. The number of nitrogens with zero attached hydrogens (tertiary/aromatic N) is 1. The fraction of sp³-hybridized carbons (Fsp3) is 0.167. The summed E-state index contributed by atoms with van der Waals surface area (Å²) >= 11 is 7.31. The lowest BCUT2D eigenvalue weighted by atomic mass is 10.1. The molecule has 0 radical (unpaired) electrons. The van der Waals surface area contributed by atoms with Gasteiger partial charge in [0.15, 0.2) is 0 Å². The highest BCUT2D eigenvalue weighted by atomic mass is 79.9. The molecule has 1 aromatic carbocycles. The molecule has 1 heterocycles. The summed E-state index contributed by atoms with van der Waals surface area (Å²) in [5.41, 5.74) is 0.932. The van der Waals surface area contributed by atoms with Gasteiger partial charge in [-0.1, -0.05) is 28.1 Å². The van der Waals surface area contributed by atoms with Crippen LogP contribution in [0.5, 0.6) is 0 Å². The largest absolute Gasteiger partial charge is 0.270 e.